The zero-order chi connectivity index (χ0) is 75.8. The molecule has 5 heterocycles. The lowest BCUT2D eigenvalue weighted by atomic mass is 9.33. The van der Waals surface area contributed by atoms with Crippen molar-refractivity contribution in [1.29, 1.82) is 5.26 Å². The maximum absolute atomic E-state index is 12.4. The number of hydrogen-bond acceptors (Lipinski definition) is 3. The van der Waals surface area contributed by atoms with Gasteiger partial charge in [0, 0.05) is 66.4 Å². The van der Waals surface area contributed by atoms with E-state index in [4.69, 9.17) is 6.85 Å². The van der Waals surface area contributed by atoms with Crippen LogP contribution in [0.5, 0.6) is 0 Å². The molecule has 0 aliphatic carbocycles. The summed E-state index contributed by atoms with van der Waals surface area (Å²) in [6.45, 7) is -0.766. The van der Waals surface area contributed by atoms with Gasteiger partial charge in [0.1, 0.15) is 11.6 Å². The Hall–Kier alpha value is -13.1. The SMILES string of the molecule is [2H]c1c([2H])c([2H])c(-c2ccc3c(c2)N(c2cccc(-n4c5ccccc5c5ccccc54)c2C#N)c2cc(-n4c5ccccc5c5ccc(-c6ccccc6)cc54)cc4c2B3c2ccc(-n3c5c([2H])c([2H])c([2H])c([2H])c5c5c([2H])c([2H])c([2H])c([2H])c53)cc2N4c2cc(-c3ccccc3)cc(-c3ccccc3)c2)c([2H])c1[2H]. The highest BCUT2D eigenvalue weighted by Crippen LogP contribution is 2.51. The number of para-hydroxylation sites is 5. The van der Waals surface area contributed by atoms with Gasteiger partial charge < -0.3 is 23.5 Å². The number of fused-ring (bicyclic) bond motifs is 13. The molecule has 0 saturated carbocycles. The third-order valence-electron chi connectivity index (χ3n) is 19.7. The van der Waals surface area contributed by atoms with Crippen molar-refractivity contribution in [2.75, 3.05) is 9.80 Å². The van der Waals surface area contributed by atoms with Crippen molar-refractivity contribution in [2.45, 2.75) is 0 Å². The summed E-state index contributed by atoms with van der Waals surface area (Å²) >= 11 is 0. The van der Waals surface area contributed by atoms with Crippen LogP contribution in [0.1, 0.15) is 23.4 Å². The van der Waals surface area contributed by atoms with Gasteiger partial charge in [-0.3, -0.25) is 0 Å². The van der Waals surface area contributed by atoms with Crippen LogP contribution in [-0.4, -0.2) is 20.4 Å². The second-order valence-electron chi connectivity index (χ2n) is 24.9. The van der Waals surface area contributed by atoms with Crippen LogP contribution in [-0.2, 0) is 0 Å². The van der Waals surface area contributed by atoms with E-state index in [1.807, 2.05) is 140 Å². The van der Waals surface area contributed by atoms with Crippen LogP contribution in [0.2, 0.25) is 0 Å². The first-order chi connectivity index (χ1) is 54.0. The Kier molecular flexibility index (Phi) is 9.80. The number of aromatic nitrogens is 3. The van der Waals surface area contributed by atoms with Gasteiger partial charge in [-0.15, -0.1) is 0 Å². The van der Waals surface area contributed by atoms with Crippen molar-refractivity contribution in [3.8, 4) is 67.6 Å². The van der Waals surface area contributed by atoms with Crippen LogP contribution in [0.25, 0.3) is 127 Å². The van der Waals surface area contributed by atoms with Gasteiger partial charge in [-0.25, -0.2) is 0 Å². The Morgan fingerprint density at radius 2 is 0.735 bits per heavy atom. The second-order valence-corrected chi connectivity index (χ2v) is 24.9. The zero-order valence-corrected chi connectivity index (χ0v) is 52.2. The van der Waals surface area contributed by atoms with Gasteiger partial charge in [-0.1, -0.05) is 248 Å². The molecule has 0 saturated heterocycles. The topological polar surface area (TPSA) is 45.1 Å². The molecule has 15 aromatic carbocycles. The van der Waals surface area contributed by atoms with Gasteiger partial charge in [0.05, 0.1) is 68.0 Å². The Balaban J connectivity index is 0.979. The van der Waals surface area contributed by atoms with Crippen molar-refractivity contribution < 1.29 is 17.8 Å². The first-order valence-electron chi connectivity index (χ1n) is 39.0. The van der Waals surface area contributed by atoms with E-state index in [2.05, 4.69) is 146 Å². The monoisotopic (exact) mass is 1260 g/mol. The molecule has 18 aromatic rings. The largest absolute Gasteiger partial charge is 0.311 e. The van der Waals surface area contributed by atoms with Crippen LogP contribution >= 0.6 is 0 Å². The minimum atomic E-state index is -0.766. The highest BCUT2D eigenvalue weighted by molar-refractivity contribution is 7.00. The molecule has 98 heavy (non-hydrogen) atoms. The number of nitriles is 1. The number of rotatable bonds is 9. The standard InChI is InChI=1S/C91H57BN6/c93-58-76-84(97-82-40-21-16-34-72(82)73-35-17-22-41-83(73)97)42-23-43-85(76)98-87-54-64(60-26-7-2-8-27-60)45-48-77(87)92-78-49-46-67(94-79-37-18-13-32-70(79)71-33-14-19-38-80(71)94)55-88(78)96(68-51-65(61-28-9-3-10-29-61)50-66(52-68)62-30-11-4-12-31-62)89-56-69(57-90(98)91(89)92)95-81-39-20-15-36-74(81)75-47-44-63(53-86(75)95)59-24-5-1-6-25-59/h1-57H/i2D,7D,8D,13D,14D,18D,19D,26D,27D,32D,33D,37D,38D. The molecule has 7 heteroatoms. The Bertz CT molecular complexity index is 6960. The molecule has 0 N–H and O–H groups in total. The zero-order valence-electron chi connectivity index (χ0n) is 65.2. The maximum Gasteiger partial charge on any atom is 0.252 e. The molecule has 6 nitrogen and oxygen atoms in total. The summed E-state index contributed by atoms with van der Waals surface area (Å²) in [6.07, 6.45) is 0. The van der Waals surface area contributed by atoms with Crippen molar-refractivity contribution in [1.82, 2.24) is 13.7 Å². The maximum atomic E-state index is 12.4. The van der Waals surface area contributed by atoms with Gasteiger partial charge in [0.25, 0.3) is 6.71 Å². The molecular weight excluding hydrogens is 1190 g/mol. The Labute approximate surface area is 585 Å². The van der Waals surface area contributed by atoms with E-state index in [9.17, 15) is 16.2 Å². The Morgan fingerprint density at radius 1 is 0.265 bits per heavy atom. The van der Waals surface area contributed by atoms with E-state index in [1.54, 1.807) is 10.6 Å². The van der Waals surface area contributed by atoms with Gasteiger partial charge in [-0.2, -0.15) is 5.26 Å². The van der Waals surface area contributed by atoms with Crippen LogP contribution < -0.4 is 26.2 Å². The number of benzene rings is 15. The fourth-order valence-electron chi connectivity index (χ4n) is 15.6. The van der Waals surface area contributed by atoms with Crippen molar-refractivity contribution in [3.63, 3.8) is 0 Å². The minimum absolute atomic E-state index is 0.0301. The van der Waals surface area contributed by atoms with E-state index in [0.717, 1.165) is 87.9 Å². The fraction of sp³-hybridized carbons (Fsp3) is 0. The molecule has 20 rings (SSSR count). The van der Waals surface area contributed by atoms with Crippen molar-refractivity contribution in [2.24, 2.45) is 0 Å². The van der Waals surface area contributed by atoms with E-state index in [-0.39, 0.29) is 27.4 Å². The summed E-state index contributed by atoms with van der Waals surface area (Å²) in [4.78, 5) is 4.33. The number of hydrogen-bond donors (Lipinski definition) is 0. The first-order valence-corrected chi connectivity index (χ1v) is 32.5. The van der Waals surface area contributed by atoms with Gasteiger partial charge >= 0.3 is 0 Å². The predicted molar refractivity (Wildman–Crippen MR) is 410 cm³/mol. The highest BCUT2D eigenvalue weighted by Gasteiger charge is 2.45. The van der Waals surface area contributed by atoms with Crippen LogP contribution in [0.4, 0.5) is 34.1 Å². The lowest BCUT2D eigenvalue weighted by Gasteiger charge is -2.45. The summed E-state index contributed by atoms with van der Waals surface area (Å²) < 4.78 is 127. The molecule has 0 fully saturated rings. The number of anilines is 6. The molecular formula is C91H57BN6. The van der Waals surface area contributed by atoms with E-state index < -0.39 is 85.3 Å². The Morgan fingerprint density at radius 3 is 1.35 bits per heavy atom. The minimum Gasteiger partial charge on any atom is -0.311 e. The third-order valence-corrected chi connectivity index (χ3v) is 19.7. The lowest BCUT2D eigenvalue weighted by Crippen LogP contribution is -2.61. The quantitative estimate of drug-likeness (QED) is 0.135. The van der Waals surface area contributed by atoms with E-state index >= 15 is 0 Å². The van der Waals surface area contributed by atoms with Crippen molar-refractivity contribution in [3.05, 3.63) is 351 Å². The highest BCUT2D eigenvalue weighted by atomic mass is 15.2. The molecule has 0 spiro atoms. The molecule has 0 bridgehead atoms. The lowest BCUT2D eigenvalue weighted by molar-refractivity contribution is 1.14. The predicted octanol–water partition coefficient (Wildman–Crippen LogP) is 21.6. The van der Waals surface area contributed by atoms with E-state index in [0.29, 0.717) is 67.8 Å². The molecule has 0 atom stereocenters. The normalized spacial score (nSPS) is 14.3. The molecule has 0 amide bonds. The van der Waals surface area contributed by atoms with Crippen LogP contribution in [0.3, 0.4) is 0 Å². The first kappa shape index (κ1) is 43.7. The average molecular weight is 1260 g/mol. The molecule has 2 aliphatic heterocycles. The summed E-state index contributed by atoms with van der Waals surface area (Å²) in [6, 6.07) is 85.9. The van der Waals surface area contributed by atoms with Gasteiger partial charge in [-0.05, 0) is 158 Å². The second kappa shape index (κ2) is 22.0. The summed E-state index contributed by atoms with van der Waals surface area (Å²) in [5, 5.41) is 16.2. The average Bonchev–Trinajstić information content (AvgIpc) is 0.810. The summed E-state index contributed by atoms with van der Waals surface area (Å²) in [7, 11) is 0. The van der Waals surface area contributed by atoms with Crippen molar-refractivity contribution >= 4 is 123 Å². The molecule has 0 unspecified atom stereocenters. The van der Waals surface area contributed by atoms with Gasteiger partial charge in [0.2, 0.25) is 0 Å². The molecule has 2 aliphatic rings. The smallest absolute Gasteiger partial charge is 0.252 e. The number of nitrogens with zero attached hydrogens (tertiary/aromatic N) is 6. The fourth-order valence-corrected chi connectivity index (χ4v) is 15.6. The third kappa shape index (κ3) is 8.41. The summed E-state index contributed by atoms with van der Waals surface area (Å²) in [5.74, 6) is 0. The van der Waals surface area contributed by atoms with Crippen LogP contribution in [0.15, 0.2) is 345 Å². The molecule has 3 aromatic heterocycles. The summed E-state index contributed by atoms with van der Waals surface area (Å²) in [5.41, 5.74) is 16.8. The molecule has 0 radical (unpaired) electrons. The van der Waals surface area contributed by atoms with E-state index in [1.165, 1.54) is 0 Å². The molecule has 454 valence electrons. The van der Waals surface area contributed by atoms with Gasteiger partial charge in [0.15, 0.2) is 0 Å². The van der Waals surface area contributed by atoms with Crippen LogP contribution in [0, 0.1) is 11.3 Å².